The molecule has 0 aliphatic carbocycles. The number of rotatable bonds is 4. The highest BCUT2D eigenvalue weighted by Crippen LogP contribution is 2.16. The summed E-state index contributed by atoms with van der Waals surface area (Å²) in [5.41, 5.74) is 1.04. The molecule has 0 unspecified atom stereocenters. The van der Waals surface area contributed by atoms with Crippen molar-refractivity contribution < 1.29 is 9.21 Å². The molecule has 2 aromatic heterocycles. The molecule has 0 N–H and O–H groups in total. The van der Waals surface area contributed by atoms with E-state index in [2.05, 4.69) is 14.8 Å². The van der Waals surface area contributed by atoms with Crippen molar-refractivity contribution in [2.75, 3.05) is 44.2 Å². The Morgan fingerprint density at radius 1 is 1.08 bits per heavy atom. The minimum absolute atomic E-state index is 0.0250. The molecule has 0 aromatic carbocycles. The number of aromatic nitrogens is 2. The lowest BCUT2D eigenvalue weighted by atomic mass is 10.2. The highest BCUT2D eigenvalue weighted by atomic mass is 16.3. The molecule has 7 nitrogen and oxygen atoms in total. The second-order valence-electron chi connectivity index (χ2n) is 6.59. The van der Waals surface area contributed by atoms with Crippen molar-refractivity contribution in [3.05, 3.63) is 42.1 Å². The van der Waals surface area contributed by atoms with Gasteiger partial charge in [0.05, 0.1) is 12.0 Å². The number of amides is 1. The second-order valence-corrected chi connectivity index (χ2v) is 6.59. The molecule has 0 atom stereocenters. The third-order valence-electron chi connectivity index (χ3n) is 4.87. The van der Waals surface area contributed by atoms with Gasteiger partial charge in [-0.05, 0) is 31.0 Å². The summed E-state index contributed by atoms with van der Waals surface area (Å²) in [7, 11) is 0. The van der Waals surface area contributed by atoms with Gasteiger partial charge in [-0.1, -0.05) is 0 Å². The van der Waals surface area contributed by atoms with Gasteiger partial charge < -0.3 is 14.2 Å². The van der Waals surface area contributed by atoms with Crippen molar-refractivity contribution in [2.45, 2.75) is 19.4 Å². The van der Waals surface area contributed by atoms with Gasteiger partial charge in [0.15, 0.2) is 5.76 Å². The summed E-state index contributed by atoms with van der Waals surface area (Å²) in [6, 6.07) is 5.45. The smallest absolute Gasteiger partial charge is 0.289 e. The number of anilines is 1. The van der Waals surface area contributed by atoms with Gasteiger partial charge >= 0.3 is 0 Å². The van der Waals surface area contributed by atoms with Gasteiger partial charge in [-0.15, -0.1) is 0 Å². The molecule has 0 saturated carbocycles. The molecule has 132 valence electrons. The lowest BCUT2D eigenvalue weighted by Crippen LogP contribution is -2.48. The molecule has 4 rings (SSSR count). The molecule has 2 aliphatic heterocycles. The van der Waals surface area contributed by atoms with Crippen LogP contribution in [0.15, 0.2) is 35.1 Å². The minimum atomic E-state index is -0.0250. The number of hydrogen-bond acceptors (Lipinski definition) is 6. The van der Waals surface area contributed by atoms with Crippen LogP contribution in [0.4, 0.5) is 5.95 Å². The molecule has 0 radical (unpaired) electrons. The standard InChI is InChI=1S/C18H23N5O2/c24-17(16-4-3-13-25-16)22-11-9-21(10-12-22)14-15-5-6-19-18(20-15)23-7-1-2-8-23/h3-6,13H,1-2,7-12,14H2. The SMILES string of the molecule is O=C(c1ccco1)N1CCN(Cc2ccnc(N3CCCC3)n2)CC1. The maximum absolute atomic E-state index is 12.3. The van der Waals surface area contributed by atoms with Crippen LogP contribution in [-0.2, 0) is 6.54 Å². The van der Waals surface area contributed by atoms with Gasteiger partial charge in [0.25, 0.3) is 5.91 Å². The number of carbonyl (C=O) groups excluding carboxylic acids is 1. The van der Waals surface area contributed by atoms with Gasteiger partial charge in [-0.3, -0.25) is 9.69 Å². The summed E-state index contributed by atoms with van der Waals surface area (Å²) in [4.78, 5) is 27.9. The Kier molecular flexibility index (Phi) is 4.65. The molecule has 1 amide bonds. The van der Waals surface area contributed by atoms with E-state index in [9.17, 15) is 4.79 Å². The van der Waals surface area contributed by atoms with Crippen molar-refractivity contribution in [1.29, 1.82) is 0 Å². The Morgan fingerprint density at radius 3 is 2.60 bits per heavy atom. The van der Waals surface area contributed by atoms with Crippen molar-refractivity contribution in [3.8, 4) is 0 Å². The lowest BCUT2D eigenvalue weighted by molar-refractivity contribution is 0.0596. The van der Waals surface area contributed by atoms with Crippen LogP contribution in [0.3, 0.4) is 0 Å². The van der Waals surface area contributed by atoms with E-state index in [1.165, 1.54) is 19.1 Å². The molecular formula is C18H23N5O2. The first-order chi connectivity index (χ1) is 12.3. The average molecular weight is 341 g/mol. The van der Waals surface area contributed by atoms with Crippen molar-refractivity contribution in [2.24, 2.45) is 0 Å². The van der Waals surface area contributed by atoms with Crippen LogP contribution in [0, 0.1) is 0 Å². The van der Waals surface area contributed by atoms with Gasteiger partial charge in [-0.2, -0.15) is 0 Å². The van der Waals surface area contributed by atoms with E-state index in [1.807, 2.05) is 17.2 Å². The van der Waals surface area contributed by atoms with Crippen LogP contribution in [0.1, 0.15) is 29.1 Å². The molecule has 0 spiro atoms. The topological polar surface area (TPSA) is 65.7 Å². The van der Waals surface area contributed by atoms with Crippen LogP contribution in [0.2, 0.25) is 0 Å². The molecule has 2 saturated heterocycles. The van der Waals surface area contributed by atoms with E-state index in [1.54, 1.807) is 12.1 Å². The van der Waals surface area contributed by atoms with E-state index in [-0.39, 0.29) is 5.91 Å². The molecule has 4 heterocycles. The number of piperazine rings is 1. The second kappa shape index (κ2) is 7.23. The third-order valence-corrected chi connectivity index (χ3v) is 4.87. The quantitative estimate of drug-likeness (QED) is 0.842. The maximum atomic E-state index is 12.3. The average Bonchev–Trinajstić information content (AvgIpc) is 3.36. The number of furan rings is 1. The summed E-state index contributed by atoms with van der Waals surface area (Å²) in [6.45, 7) is 6.01. The van der Waals surface area contributed by atoms with E-state index in [4.69, 9.17) is 9.40 Å². The van der Waals surface area contributed by atoms with Crippen molar-refractivity contribution >= 4 is 11.9 Å². The number of carbonyl (C=O) groups is 1. The summed E-state index contributed by atoms with van der Waals surface area (Å²) in [5.74, 6) is 1.24. The van der Waals surface area contributed by atoms with Gasteiger partial charge in [0, 0.05) is 52.0 Å². The fourth-order valence-corrected chi connectivity index (χ4v) is 3.44. The summed E-state index contributed by atoms with van der Waals surface area (Å²) < 4.78 is 5.21. The minimum Gasteiger partial charge on any atom is -0.459 e. The Morgan fingerprint density at radius 2 is 1.88 bits per heavy atom. The fraction of sp³-hybridized carbons (Fsp3) is 0.500. The largest absolute Gasteiger partial charge is 0.459 e. The van der Waals surface area contributed by atoms with Gasteiger partial charge in [0.2, 0.25) is 5.95 Å². The maximum Gasteiger partial charge on any atom is 0.289 e. The van der Waals surface area contributed by atoms with Crippen LogP contribution >= 0.6 is 0 Å². The normalized spacial score (nSPS) is 18.7. The molecule has 0 bridgehead atoms. The molecule has 2 aromatic rings. The first-order valence-electron chi connectivity index (χ1n) is 8.91. The van der Waals surface area contributed by atoms with Gasteiger partial charge in [-0.25, -0.2) is 9.97 Å². The molecule has 7 heteroatoms. The summed E-state index contributed by atoms with van der Waals surface area (Å²) >= 11 is 0. The molecule has 2 fully saturated rings. The zero-order valence-corrected chi connectivity index (χ0v) is 14.3. The van der Waals surface area contributed by atoms with Gasteiger partial charge in [0.1, 0.15) is 0 Å². The third kappa shape index (κ3) is 3.66. The number of hydrogen-bond donors (Lipinski definition) is 0. The monoisotopic (exact) mass is 341 g/mol. The first kappa shape index (κ1) is 16.1. The predicted molar refractivity (Wildman–Crippen MR) is 93.4 cm³/mol. The molecular weight excluding hydrogens is 318 g/mol. The summed E-state index contributed by atoms with van der Waals surface area (Å²) in [5, 5.41) is 0. The van der Waals surface area contributed by atoms with Crippen molar-refractivity contribution in [3.63, 3.8) is 0 Å². The van der Waals surface area contributed by atoms with E-state index in [0.29, 0.717) is 18.8 Å². The van der Waals surface area contributed by atoms with Crippen LogP contribution in [0.5, 0.6) is 0 Å². The number of nitrogens with zero attached hydrogens (tertiary/aromatic N) is 5. The van der Waals surface area contributed by atoms with E-state index < -0.39 is 0 Å². The Labute approximate surface area is 147 Å². The van der Waals surface area contributed by atoms with Crippen molar-refractivity contribution in [1.82, 2.24) is 19.8 Å². The highest BCUT2D eigenvalue weighted by molar-refractivity contribution is 5.91. The van der Waals surface area contributed by atoms with E-state index in [0.717, 1.165) is 44.4 Å². The Hall–Kier alpha value is -2.41. The van der Waals surface area contributed by atoms with E-state index >= 15 is 0 Å². The van der Waals surface area contributed by atoms with Crippen LogP contribution in [0.25, 0.3) is 0 Å². The molecule has 25 heavy (non-hydrogen) atoms. The zero-order valence-electron chi connectivity index (χ0n) is 14.3. The predicted octanol–water partition coefficient (Wildman–Crippen LogP) is 1.63. The highest BCUT2D eigenvalue weighted by Gasteiger charge is 2.24. The van der Waals surface area contributed by atoms with Crippen LogP contribution in [-0.4, -0.2) is 64.9 Å². The molecule has 2 aliphatic rings. The Bertz CT molecular complexity index is 704. The summed E-state index contributed by atoms with van der Waals surface area (Å²) in [6.07, 6.45) is 5.84. The van der Waals surface area contributed by atoms with Crippen LogP contribution < -0.4 is 4.90 Å². The lowest BCUT2D eigenvalue weighted by Gasteiger charge is -2.34. The first-order valence-corrected chi connectivity index (χ1v) is 8.91. The Balaban J connectivity index is 1.33. The zero-order chi connectivity index (χ0) is 17.1. The fourth-order valence-electron chi connectivity index (χ4n) is 3.44.